The number of hydrogen-bond acceptors (Lipinski definition) is 5. The summed E-state index contributed by atoms with van der Waals surface area (Å²) < 4.78 is 10.5. The maximum Gasteiger partial charge on any atom is 0.255 e. The van der Waals surface area contributed by atoms with Crippen molar-refractivity contribution in [3.05, 3.63) is 71.4 Å². The first kappa shape index (κ1) is 19.2. The molecule has 1 heterocycles. The van der Waals surface area contributed by atoms with E-state index >= 15 is 0 Å². The molecule has 2 N–H and O–H groups in total. The van der Waals surface area contributed by atoms with E-state index in [0.29, 0.717) is 28.6 Å². The van der Waals surface area contributed by atoms with Crippen molar-refractivity contribution in [1.29, 1.82) is 0 Å². The molecule has 0 atom stereocenters. The molecule has 0 radical (unpaired) electrons. The maximum absolute atomic E-state index is 12.7. The molecule has 0 spiro atoms. The fraction of sp³-hybridized carbons (Fsp3) is 0.182. The minimum Gasteiger partial charge on any atom is -0.493 e. The van der Waals surface area contributed by atoms with Crippen LogP contribution in [-0.2, 0) is 0 Å². The first-order chi connectivity index (χ1) is 13.5. The van der Waals surface area contributed by atoms with Gasteiger partial charge in [0.1, 0.15) is 5.82 Å². The van der Waals surface area contributed by atoms with Crippen LogP contribution >= 0.6 is 0 Å². The second-order valence-electron chi connectivity index (χ2n) is 6.35. The Morgan fingerprint density at radius 3 is 2.32 bits per heavy atom. The molecule has 6 nitrogen and oxygen atoms in total. The third-order valence-electron chi connectivity index (χ3n) is 4.40. The summed E-state index contributed by atoms with van der Waals surface area (Å²) >= 11 is 0. The van der Waals surface area contributed by atoms with Crippen molar-refractivity contribution in [1.82, 2.24) is 4.98 Å². The third kappa shape index (κ3) is 4.23. The second-order valence-corrected chi connectivity index (χ2v) is 6.35. The standard InChI is InChI=1S/C22H23N3O3/c1-14-6-5-7-15(2)21(14)25-20-12-16(10-11-23-20)22(26)24-17-8-9-18(27-3)19(13-17)28-4/h5-13H,1-4H3,(H,23,25)(H,24,26). The van der Waals surface area contributed by atoms with E-state index in [2.05, 4.69) is 15.6 Å². The van der Waals surface area contributed by atoms with E-state index in [1.165, 1.54) is 0 Å². The van der Waals surface area contributed by atoms with Crippen LogP contribution in [0.15, 0.2) is 54.7 Å². The molecule has 1 aromatic heterocycles. The highest BCUT2D eigenvalue weighted by Crippen LogP contribution is 2.30. The van der Waals surface area contributed by atoms with Gasteiger partial charge in [0.15, 0.2) is 11.5 Å². The molecule has 144 valence electrons. The zero-order valence-electron chi connectivity index (χ0n) is 16.4. The molecule has 0 aliphatic rings. The lowest BCUT2D eigenvalue weighted by Gasteiger charge is -2.13. The molecule has 0 saturated carbocycles. The lowest BCUT2D eigenvalue weighted by Crippen LogP contribution is -2.12. The molecular weight excluding hydrogens is 354 g/mol. The van der Waals surface area contributed by atoms with Crippen molar-refractivity contribution in [3.8, 4) is 11.5 Å². The molecule has 0 saturated heterocycles. The highest BCUT2D eigenvalue weighted by molar-refractivity contribution is 6.04. The van der Waals surface area contributed by atoms with Gasteiger partial charge in [-0.15, -0.1) is 0 Å². The summed E-state index contributed by atoms with van der Waals surface area (Å²) in [4.78, 5) is 17.0. The number of pyridine rings is 1. The van der Waals surface area contributed by atoms with Crippen LogP contribution in [-0.4, -0.2) is 25.1 Å². The predicted octanol–water partition coefficient (Wildman–Crippen LogP) is 4.71. The minimum absolute atomic E-state index is 0.237. The van der Waals surface area contributed by atoms with Crippen molar-refractivity contribution in [3.63, 3.8) is 0 Å². The number of hydrogen-bond donors (Lipinski definition) is 2. The fourth-order valence-corrected chi connectivity index (χ4v) is 2.90. The average molecular weight is 377 g/mol. The molecule has 0 bridgehead atoms. The van der Waals surface area contributed by atoms with E-state index in [1.54, 1.807) is 50.7 Å². The zero-order valence-corrected chi connectivity index (χ0v) is 16.4. The van der Waals surface area contributed by atoms with Gasteiger partial charge in [-0.1, -0.05) is 18.2 Å². The third-order valence-corrected chi connectivity index (χ3v) is 4.40. The van der Waals surface area contributed by atoms with Crippen molar-refractivity contribution < 1.29 is 14.3 Å². The van der Waals surface area contributed by atoms with E-state index in [-0.39, 0.29) is 5.91 Å². The molecule has 3 rings (SSSR count). The van der Waals surface area contributed by atoms with E-state index in [4.69, 9.17) is 9.47 Å². The number of carbonyl (C=O) groups is 1. The number of aromatic nitrogens is 1. The van der Waals surface area contributed by atoms with Gasteiger partial charge in [0.05, 0.1) is 14.2 Å². The molecule has 3 aromatic rings. The lowest BCUT2D eigenvalue weighted by atomic mass is 10.1. The minimum atomic E-state index is -0.237. The molecule has 28 heavy (non-hydrogen) atoms. The van der Waals surface area contributed by atoms with Crippen molar-refractivity contribution >= 4 is 23.1 Å². The van der Waals surface area contributed by atoms with Crippen molar-refractivity contribution in [2.45, 2.75) is 13.8 Å². The predicted molar refractivity (Wildman–Crippen MR) is 111 cm³/mol. The number of para-hydroxylation sites is 1. The van der Waals surface area contributed by atoms with Gasteiger partial charge in [0, 0.05) is 29.2 Å². The number of amides is 1. The monoisotopic (exact) mass is 377 g/mol. The Balaban J connectivity index is 1.79. The molecule has 1 amide bonds. The summed E-state index contributed by atoms with van der Waals surface area (Å²) in [5.74, 6) is 1.52. The number of rotatable bonds is 6. The molecule has 0 fully saturated rings. The van der Waals surface area contributed by atoms with Gasteiger partial charge in [-0.05, 0) is 49.2 Å². The highest BCUT2D eigenvalue weighted by Gasteiger charge is 2.11. The normalized spacial score (nSPS) is 10.3. The topological polar surface area (TPSA) is 72.5 Å². The van der Waals surface area contributed by atoms with Crippen molar-refractivity contribution in [2.24, 2.45) is 0 Å². The first-order valence-corrected chi connectivity index (χ1v) is 8.84. The number of nitrogens with one attached hydrogen (secondary N) is 2. The summed E-state index contributed by atoms with van der Waals surface area (Å²) in [6, 6.07) is 14.7. The Morgan fingerprint density at radius 2 is 1.64 bits per heavy atom. The molecule has 0 aliphatic heterocycles. The smallest absolute Gasteiger partial charge is 0.255 e. The fourth-order valence-electron chi connectivity index (χ4n) is 2.90. The average Bonchev–Trinajstić information content (AvgIpc) is 2.71. The van der Waals surface area contributed by atoms with Gasteiger partial charge in [-0.25, -0.2) is 4.98 Å². The van der Waals surface area contributed by atoms with Crippen LogP contribution in [0.1, 0.15) is 21.5 Å². The van der Waals surface area contributed by atoms with Crippen molar-refractivity contribution in [2.75, 3.05) is 24.9 Å². The van der Waals surface area contributed by atoms with E-state index in [1.807, 2.05) is 32.0 Å². The van der Waals surface area contributed by atoms with Gasteiger partial charge < -0.3 is 20.1 Å². The number of carbonyl (C=O) groups excluding carboxylic acids is 1. The largest absolute Gasteiger partial charge is 0.493 e. The Kier molecular flexibility index (Phi) is 5.79. The van der Waals surface area contributed by atoms with Crippen LogP contribution < -0.4 is 20.1 Å². The van der Waals surface area contributed by atoms with Gasteiger partial charge in [-0.3, -0.25) is 4.79 Å². The Labute approximate surface area is 164 Å². The summed E-state index contributed by atoms with van der Waals surface area (Å²) in [6.45, 7) is 4.06. The first-order valence-electron chi connectivity index (χ1n) is 8.84. The van der Waals surface area contributed by atoms with E-state index in [9.17, 15) is 4.79 Å². The lowest BCUT2D eigenvalue weighted by molar-refractivity contribution is 0.102. The second kappa shape index (κ2) is 8.43. The van der Waals surface area contributed by atoms with Gasteiger partial charge in [0.2, 0.25) is 0 Å². The summed E-state index contributed by atoms with van der Waals surface area (Å²) in [5.41, 5.74) is 4.33. The summed E-state index contributed by atoms with van der Waals surface area (Å²) in [5, 5.41) is 6.17. The molecule has 0 aliphatic carbocycles. The molecule has 6 heteroatoms. The summed E-state index contributed by atoms with van der Waals surface area (Å²) in [6.07, 6.45) is 1.61. The zero-order chi connectivity index (χ0) is 20.1. The summed E-state index contributed by atoms with van der Waals surface area (Å²) in [7, 11) is 3.12. The molecule has 0 unspecified atom stereocenters. The number of aryl methyl sites for hydroxylation is 2. The molecule has 2 aromatic carbocycles. The highest BCUT2D eigenvalue weighted by atomic mass is 16.5. The van der Waals surface area contributed by atoms with Gasteiger partial charge in [0.25, 0.3) is 5.91 Å². The van der Waals surface area contributed by atoms with Crippen LogP contribution in [0.4, 0.5) is 17.2 Å². The Bertz CT molecular complexity index is 982. The van der Waals surface area contributed by atoms with Crippen LogP contribution in [0.25, 0.3) is 0 Å². The van der Waals surface area contributed by atoms with Crippen LogP contribution in [0.2, 0.25) is 0 Å². The Hall–Kier alpha value is -3.54. The SMILES string of the molecule is COc1ccc(NC(=O)c2ccnc(Nc3c(C)cccc3C)c2)cc1OC. The number of ether oxygens (including phenoxy) is 2. The van der Waals surface area contributed by atoms with Gasteiger partial charge in [-0.2, -0.15) is 0 Å². The van der Waals surface area contributed by atoms with Crippen LogP contribution in [0.5, 0.6) is 11.5 Å². The van der Waals surface area contributed by atoms with Crippen LogP contribution in [0, 0.1) is 13.8 Å². The Morgan fingerprint density at radius 1 is 0.929 bits per heavy atom. The number of methoxy groups -OCH3 is 2. The van der Waals surface area contributed by atoms with Gasteiger partial charge >= 0.3 is 0 Å². The van der Waals surface area contributed by atoms with E-state index in [0.717, 1.165) is 16.8 Å². The maximum atomic E-state index is 12.7. The number of benzene rings is 2. The molecular formula is C22H23N3O3. The van der Waals surface area contributed by atoms with Crippen LogP contribution in [0.3, 0.4) is 0 Å². The number of anilines is 3. The quantitative estimate of drug-likeness (QED) is 0.651. The number of nitrogens with zero attached hydrogens (tertiary/aromatic N) is 1. The van der Waals surface area contributed by atoms with E-state index < -0.39 is 0 Å².